The average Bonchev–Trinajstić information content (AvgIpc) is 3.41. The van der Waals surface area contributed by atoms with Crippen LogP contribution in [0.5, 0.6) is 0 Å². The van der Waals surface area contributed by atoms with Crippen molar-refractivity contribution >= 4 is 40.6 Å². The van der Waals surface area contributed by atoms with Gasteiger partial charge in [0.05, 0.1) is 29.2 Å². The number of thioether (sulfide) groups is 1. The van der Waals surface area contributed by atoms with Gasteiger partial charge in [0.1, 0.15) is 5.00 Å². The predicted molar refractivity (Wildman–Crippen MR) is 117 cm³/mol. The summed E-state index contributed by atoms with van der Waals surface area (Å²) in [5.74, 6) is 1.48. The van der Waals surface area contributed by atoms with Crippen LogP contribution in [-0.4, -0.2) is 38.5 Å². The molecular formula is C20H23N5O2S2. The van der Waals surface area contributed by atoms with Crippen LogP contribution in [0.3, 0.4) is 0 Å². The summed E-state index contributed by atoms with van der Waals surface area (Å²) in [4.78, 5) is 26.8. The van der Waals surface area contributed by atoms with E-state index in [0.29, 0.717) is 11.3 Å². The fourth-order valence-electron chi connectivity index (χ4n) is 3.49. The van der Waals surface area contributed by atoms with Gasteiger partial charge in [-0.1, -0.05) is 0 Å². The van der Waals surface area contributed by atoms with E-state index in [1.807, 2.05) is 61.8 Å². The van der Waals surface area contributed by atoms with E-state index in [2.05, 4.69) is 15.7 Å². The maximum absolute atomic E-state index is 13.1. The number of hydrogen-bond donors (Lipinski definition) is 2. The minimum atomic E-state index is -0.264. The number of nitrogens with one attached hydrogen (secondary N) is 2. The molecule has 0 fully saturated rings. The lowest BCUT2D eigenvalue weighted by Crippen LogP contribution is -2.34. The Kier molecular flexibility index (Phi) is 5.51. The Balaban J connectivity index is 1.51. The summed E-state index contributed by atoms with van der Waals surface area (Å²) in [5.41, 5.74) is 4.15. The van der Waals surface area contributed by atoms with E-state index in [1.54, 1.807) is 16.0 Å². The molecule has 0 aromatic carbocycles. The third-order valence-corrected chi connectivity index (χ3v) is 7.46. The highest BCUT2D eigenvalue weighted by atomic mass is 32.2. The number of anilines is 1. The molecule has 0 radical (unpaired) electrons. The minimum Gasteiger partial charge on any atom is -0.343 e. The second kappa shape index (κ2) is 8.08. The second-order valence-corrected chi connectivity index (χ2v) is 9.17. The molecule has 1 aliphatic rings. The number of rotatable bonds is 5. The molecule has 4 rings (SSSR count). The normalized spacial score (nSPS) is 13.2. The molecule has 2 amide bonds. The van der Waals surface area contributed by atoms with Gasteiger partial charge in [-0.05, 0) is 43.7 Å². The predicted octanol–water partition coefficient (Wildman–Crippen LogP) is 3.05. The van der Waals surface area contributed by atoms with Gasteiger partial charge in [0, 0.05) is 30.1 Å². The first-order valence-corrected chi connectivity index (χ1v) is 11.4. The van der Waals surface area contributed by atoms with Crippen molar-refractivity contribution in [3.63, 3.8) is 0 Å². The van der Waals surface area contributed by atoms with Gasteiger partial charge in [-0.3, -0.25) is 14.3 Å². The first-order valence-electron chi connectivity index (χ1n) is 9.39. The molecule has 29 heavy (non-hydrogen) atoms. The van der Waals surface area contributed by atoms with Crippen molar-refractivity contribution in [3.05, 3.63) is 51.9 Å². The van der Waals surface area contributed by atoms with Crippen LogP contribution in [0.1, 0.15) is 32.2 Å². The van der Waals surface area contributed by atoms with E-state index in [1.165, 1.54) is 4.88 Å². The van der Waals surface area contributed by atoms with Gasteiger partial charge in [0.15, 0.2) is 0 Å². The maximum atomic E-state index is 13.1. The van der Waals surface area contributed by atoms with E-state index in [0.717, 1.165) is 39.9 Å². The summed E-state index contributed by atoms with van der Waals surface area (Å²) >= 11 is 3.55. The van der Waals surface area contributed by atoms with Gasteiger partial charge < -0.3 is 15.2 Å². The van der Waals surface area contributed by atoms with Crippen molar-refractivity contribution < 1.29 is 9.59 Å². The van der Waals surface area contributed by atoms with Crippen molar-refractivity contribution in [3.8, 4) is 5.00 Å². The quantitative estimate of drug-likeness (QED) is 0.653. The summed E-state index contributed by atoms with van der Waals surface area (Å²) in [6.07, 6.45) is 4.77. The topological polar surface area (TPSA) is 81.0 Å². The SMILES string of the molecule is Cc1nn(C)c(C)c1NC(=O)CNC(=O)c1c(-n2cccc2)sc2c1CCSC2. The van der Waals surface area contributed by atoms with Crippen LogP contribution < -0.4 is 10.6 Å². The van der Waals surface area contributed by atoms with Gasteiger partial charge in [0.2, 0.25) is 5.91 Å². The molecule has 3 aromatic heterocycles. The van der Waals surface area contributed by atoms with Crippen molar-refractivity contribution in [2.75, 3.05) is 17.6 Å². The molecule has 0 atom stereocenters. The summed E-state index contributed by atoms with van der Waals surface area (Å²) in [6, 6.07) is 3.89. The summed E-state index contributed by atoms with van der Waals surface area (Å²) in [7, 11) is 1.83. The fourth-order valence-corrected chi connectivity index (χ4v) is 5.93. The van der Waals surface area contributed by atoms with Crippen molar-refractivity contribution in [1.82, 2.24) is 19.7 Å². The molecule has 2 N–H and O–H groups in total. The number of carbonyl (C=O) groups is 2. The molecular weight excluding hydrogens is 406 g/mol. The van der Waals surface area contributed by atoms with E-state index in [-0.39, 0.29) is 18.4 Å². The van der Waals surface area contributed by atoms with Crippen molar-refractivity contribution in [1.29, 1.82) is 0 Å². The van der Waals surface area contributed by atoms with Gasteiger partial charge in [-0.25, -0.2) is 0 Å². The third kappa shape index (κ3) is 3.84. The zero-order valence-electron chi connectivity index (χ0n) is 16.6. The van der Waals surface area contributed by atoms with Crippen LogP contribution in [0.15, 0.2) is 24.5 Å². The molecule has 0 spiro atoms. The zero-order chi connectivity index (χ0) is 20.5. The lowest BCUT2D eigenvalue weighted by molar-refractivity contribution is -0.115. The Bertz CT molecular complexity index is 1070. The maximum Gasteiger partial charge on any atom is 0.255 e. The van der Waals surface area contributed by atoms with Gasteiger partial charge in [-0.2, -0.15) is 16.9 Å². The van der Waals surface area contributed by atoms with Crippen LogP contribution in [0.25, 0.3) is 5.00 Å². The second-order valence-electron chi connectivity index (χ2n) is 6.98. The standard InChI is InChI=1S/C20H23N5O2S2/c1-12-18(13(2)24(3)23-12)22-16(26)10-21-19(27)17-14-6-9-28-11-15(14)29-20(17)25-7-4-5-8-25/h4-5,7-8H,6,9-11H2,1-3H3,(H,21,27)(H,22,26). The highest BCUT2D eigenvalue weighted by molar-refractivity contribution is 7.98. The van der Waals surface area contributed by atoms with E-state index in [9.17, 15) is 9.59 Å². The summed E-state index contributed by atoms with van der Waals surface area (Å²) in [6.45, 7) is 3.66. The minimum absolute atomic E-state index is 0.0862. The molecule has 1 aliphatic heterocycles. The monoisotopic (exact) mass is 429 g/mol. The molecule has 3 aromatic rings. The Morgan fingerprint density at radius 1 is 1.24 bits per heavy atom. The fraction of sp³-hybridized carbons (Fsp3) is 0.350. The number of nitrogens with zero attached hydrogens (tertiary/aromatic N) is 3. The summed E-state index contributed by atoms with van der Waals surface area (Å²) in [5, 5.41) is 10.9. The molecule has 0 aliphatic carbocycles. The molecule has 7 nitrogen and oxygen atoms in total. The number of aryl methyl sites for hydroxylation is 2. The number of aromatic nitrogens is 3. The van der Waals surface area contributed by atoms with Crippen LogP contribution >= 0.6 is 23.1 Å². The van der Waals surface area contributed by atoms with Crippen molar-refractivity contribution in [2.45, 2.75) is 26.0 Å². The average molecular weight is 430 g/mol. The smallest absolute Gasteiger partial charge is 0.255 e. The van der Waals surface area contributed by atoms with E-state index >= 15 is 0 Å². The Hall–Kier alpha value is -2.52. The first-order chi connectivity index (χ1) is 14.0. The van der Waals surface area contributed by atoms with E-state index < -0.39 is 0 Å². The number of carbonyl (C=O) groups excluding carboxylic acids is 2. The molecule has 9 heteroatoms. The van der Waals surface area contributed by atoms with E-state index in [4.69, 9.17) is 0 Å². The highest BCUT2D eigenvalue weighted by Crippen LogP contribution is 2.38. The zero-order valence-corrected chi connectivity index (χ0v) is 18.2. The highest BCUT2D eigenvalue weighted by Gasteiger charge is 2.26. The molecule has 4 heterocycles. The van der Waals surface area contributed by atoms with Crippen LogP contribution in [-0.2, 0) is 24.0 Å². The number of fused-ring (bicyclic) bond motifs is 1. The number of thiophene rings is 1. The van der Waals surface area contributed by atoms with Gasteiger partial charge >= 0.3 is 0 Å². The largest absolute Gasteiger partial charge is 0.343 e. The Labute approximate surface area is 177 Å². The molecule has 0 unspecified atom stereocenters. The van der Waals surface area contributed by atoms with Gasteiger partial charge in [0.25, 0.3) is 5.91 Å². The van der Waals surface area contributed by atoms with Crippen molar-refractivity contribution in [2.24, 2.45) is 7.05 Å². The van der Waals surface area contributed by atoms with Crippen LogP contribution in [0.2, 0.25) is 0 Å². The lowest BCUT2D eigenvalue weighted by atomic mass is 10.1. The molecule has 152 valence electrons. The first kappa shape index (κ1) is 19.8. The Morgan fingerprint density at radius 2 is 2.00 bits per heavy atom. The van der Waals surface area contributed by atoms with Crippen LogP contribution in [0.4, 0.5) is 5.69 Å². The number of amides is 2. The number of hydrogen-bond acceptors (Lipinski definition) is 5. The summed E-state index contributed by atoms with van der Waals surface area (Å²) < 4.78 is 3.70. The lowest BCUT2D eigenvalue weighted by Gasteiger charge is -2.13. The van der Waals surface area contributed by atoms with Crippen LogP contribution in [0, 0.1) is 13.8 Å². The Morgan fingerprint density at radius 3 is 2.69 bits per heavy atom. The molecule has 0 saturated carbocycles. The molecule has 0 saturated heterocycles. The molecule has 0 bridgehead atoms. The third-order valence-electron chi connectivity index (χ3n) is 5.05. The van der Waals surface area contributed by atoms with Gasteiger partial charge in [-0.15, -0.1) is 11.3 Å².